The van der Waals surface area contributed by atoms with E-state index in [1.54, 1.807) is 18.2 Å². The van der Waals surface area contributed by atoms with Crippen LogP contribution in [0.3, 0.4) is 0 Å². The van der Waals surface area contributed by atoms with Crippen molar-refractivity contribution in [3.8, 4) is 11.4 Å². The Morgan fingerprint density at radius 3 is 2.46 bits per heavy atom. The van der Waals surface area contributed by atoms with Crippen LogP contribution in [0.15, 0.2) is 59.8 Å². The number of rotatable bonds is 4. The molecule has 0 aliphatic rings. The molecule has 26 heavy (non-hydrogen) atoms. The number of hydrogen-bond donors (Lipinski definition) is 2. The van der Waals surface area contributed by atoms with Crippen LogP contribution in [0.2, 0.25) is 0 Å². The van der Waals surface area contributed by atoms with Gasteiger partial charge in [0, 0.05) is 12.4 Å². The molecular formula is C16H11F4N3O2S. The quantitative estimate of drug-likeness (QED) is 0.666. The minimum Gasteiger partial charge on any atom is -0.359 e. The van der Waals surface area contributed by atoms with Crippen molar-refractivity contribution in [3.63, 3.8) is 0 Å². The van der Waals surface area contributed by atoms with Gasteiger partial charge >= 0.3 is 6.18 Å². The molecular weight excluding hydrogens is 374 g/mol. The molecule has 0 saturated heterocycles. The lowest BCUT2D eigenvalue weighted by Gasteiger charge is -2.10. The molecule has 0 saturated carbocycles. The van der Waals surface area contributed by atoms with Crippen molar-refractivity contribution < 1.29 is 26.0 Å². The Labute approximate surface area is 145 Å². The van der Waals surface area contributed by atoms with E-state index in [2.05, 4.69) is 9.97 Å². The van der Waals surface area contributed by atoms with Crippen molar-refractivity contribution in [2.45, 2.75) is 11.1 Å². The number of pyridine rings is 1. The van der Waals surface area contributed by atoms with E-state index in [0.717, 1.165) is 6.07 Å². The Hall–Kier alpha value is -2.88. The Bertz CT molecular complexity index is 1030. The van der Waals surface area contributed by atoms with Gasteiger partial charge in [0.2, 0.25) is 0 Å². The van der Waals surface area contributed by atoms with Gasteiger partial charge in [-0.1, -0.05) is 6.07 Å². The number of benzene rings is 1. The SMILES string of the molecule is O=S(=O)(Nc1ccc(C(F)(F)F)cc1F)c1c[nH]c(-c2ccccn2)c1. The summed E-state index contributed by atoms with van der Waals surface area (Å²) in [5.74, 6) is -1.33. The van der Waals surface area contributed by atoms with E-state index in [1.807, 2.05) is 4.72 Å². The number of hydrogen-bond acceptors (Lipinski definition) is 3. The van der Waals surface area contributed by atoms with Gasteiger partial charge in [0.05, 0.1) is 22.6 Å². The molecule has 0 bridgehead atoms. The summed E-state index contributed by atoms with van der Waals surface area (Å²) < 4.78 is 78.1. The Balaban J connectivity index is 1.87. The maximum absolute atomic E-state index is 13.9. The maximum Gasteiger partial charge on any atom is 0.416 e. The molecule has 3 rings (SSSR count). The first kappa shape index (κ1) is 17.9. The largest absolute Gasteiger partial charge is 0.416 e. The molecule has 0 radical (unpaired) electrons. The molecule has 5 nitrogen and oxygen atoms in total. The van der Waals surface area contributed by atoms with E-state index in [1.165, 1.54) is 18.5 Å². The highest BCUT2D eigenvalue weighted by molar-refractivity contribution is 7.92. The lowest BCUT2D eigenvalue weighted by atomic mass is 10.2. The van der Waals surface area contributed by atoms with Crippen LogP contribution in [0.4, 0.5) is 23.2 Å². The van der Waals surface area contributed by atoms with Crippen LogP contribution in [-0.2, 0) is 16.2 Å². The first-order chi connectivity index (χ1) is 12.2. The van der Waals surface area contributed by atoms with Crippen molar-refractivity contribution >= 4 is 15.7 Å². The van der Waals surface area contributed by atoms with Gasteiger partial charge in [-0.15, -0.1) is 0 Å². The van der Waals surface area contributed by atoms with Crippen LogP contribution < -0.4 is 4.72 Å². The van der Waals surface area contributed by atoms with E-state index >= 15 is 0 Å². The number of aromatic nitrogens is 2. The second-order valence-corrected chi connectivity index (χ2v) is 6.94. The number of aromatic amines is 1. The van der Waals surface area contributed by atoms with Gasteiger partial charge in [-0.2, -0.15) is 13.2 Å². The molecule has 0 amide bonds. The fourth-order valence-electron chi connectivity index (χ4n) is 2.18. The third kappa shape index (κ3) is 3.69. The van der Waals surface area contributed by atoms with E-state index in [0.29, 0.717) is 17.5 Å². The fraction of sp³-hybridized carbons (Fsp3) is 0.0625. The summed E-state index contributed by atoms with van der Waals surface area (Å²) in [4.78, 5) is 6.58. The summed E-state index contributed by atoms with van der Waals surface area (Å²) in [7, 11) is -4.20. The zero-order valence-corrected chi connectivity index (χ0v) is 13.7. The van der Waals surface area contributed by atoms with Gasteiger partial charge in [0.15, 0.2) is 0 Å². The van der Waals surface area contributed by atoms with Crippen molar-refractivity contribution in [2.24, 2.45) is 0 Å². The fourth-order valence-corrected chi connectivity index (χ4v) is 3.24. The van der Waals surface area contributed by atoms with E-state index in [-0.39, 0.29) is 11.0 Å². The van der Waals surface area contributed by atoms with Crippen molar-refractivity contribution in [1.82, 2.24) is 9.97 Å². The summed E-state index contributed by atoms with van der Waals surface area (Å²) in [6, 6.07) is 7.90. The highest BCUT2D eigenvalue weighted by atomic mass is 32.2. The molecule has 1 aromatic carbocycles. The summed E-state index contributed by atoms with van der Waals surface area (Å²) >= 11 is 0. The molecule has 0 unspecified atom stereocenters. The van der Waals surface area contributed by atoms with Gasteiger partial charge in [-0.25, -0.2) is 12.8 Å². The van der Waals surface area contributed by atoms with Crippen molar-refractivity contribution in [3.05, 3.63) is 66.2 Å². The maximum atomic E-state index is 13.9. The molecule has 0 aliphatic heterocycles. The zero-order chi connectivity index (χ0) is 18.9. The number of sulfonamides is 1. The summed E-state index contributed by atoms with van der Waals surface area (Å²) in [6.45, 7) is 0. The summed E-state index contributed by atoms with van der Waals surface area (Å²) in [5, 5.41) is 0. The first-order valence-corrected chi connectivity index (χ1v) is 8.64. The molecule has 2 heterocycles. The summed E-state index contributed by atoms with van der Waals surface area (Å²) in [6.07, 6.45) is -2.02. The van der Waals surface area contributed by atoms with Crippen LogP contribution >= 0.6 is 0 Å². The van der Waals surface area contributed by atoms with Crippen LogP contribution in [0.25, 0.3) is 11.4 Å². The number of anilines is 1. The smallest absolute Gasteiger partial charge is 0.359 e. The number of alkyl halides is 3. The van der Waals surface area contributed by atoms with Gasteiger partial charge in [0.25, 0.3) is 10.0 Å². The predicted molar refractivity (Wildman–Crippen MR) is 86.2 cm³/mol. The molecule has 0 atom stereocenters. The molecule has 2 aromatic heterocycles. The third-order valence-electron chi connectivity index (χ3n) is 3.45. The molecule has 0 spiro atoms. The predicted octanol–water partition coefficient (Wildman–Crippen LogP) is 4.04. The lowest BCUT2D eigenvalue weighted by Crippen LogP contribution is -2.14. The minimum atomic E-state index is -4.73. The highest BCUT2D eigenvalue weighted by Gasteiger charge is 2.31. The zero-order valence-electron chi connectivity index (χ0n) is 12.9. The molecule has 10 heteroatoms. The second-order valence-electron chi connectivity index (χ2n) is 5.26. The first-order valence-electron chi connectivity index (χ1n) is 7.16. The van der Waals surface area contributed by atoms with Crippen LogP contribution in [-0.4, -0.2) is 18.4 Å². The van der Waals surface area contributed by atoms with Crippen molar-refractivity contribution in [1.29, 1.82) is 0 Å². The van der Waals surface area contributed by atoms with Gasteiger partial charge in [-0.05, 0) is 36.4 Å². The van der Waals surface area contributed by atoms with Crippen LogP contribution in [0.5, 0.6) is 0 Å². The molecule has 2 N–H and O–H groups in total. The van der Waals surface area contributed by atoms with Crippen LogP contribution in [0.1, 0.15) is 5.56 Å². The average molecular weight is 385 g/mol. The van der Waals surface area contributed by atoms with E-state index in [4.69, 9.17) is 0 Å². The van der Waals surface area contributed by atoms with E-state index in [9.17, 15) is 26.0 Å². The average Bonchev–Trinajstić information content (AvgIpc) is 3.07. The Kier molecular flexibility index (Phi) is 4.45. The van der Waals surface area contributed by atoms with Gasteiger partial charge in [-0.3, -0.25) is 9.71 Å². The minimum absolute atomic E-state index is 0.211. The highest BCUT2D eigenvalue weighted by Crippen LogP contribution is 2.32. The number of nitrogens with one attached hydrogen (secondary N) is 2. The summed E-state index contributed by atoms with van der Waals surface area (Å²) in [5.41, 5.74) is -0.885. The third-order valence-corrected chi connectivity index (χ3v) is 4.79. The van der Waals surface area contributed by atoms with E-state index < -0.39 is 33.3 Å². The number of H-pyrrole nitrogens is 1. The monoisotopic (exact) mass is 385 g/mol. The standard InChI is InChI=1S/C16H11F4N3O2S/c17-12-7-10(16(18,19)20)4-5-13(12)23-26(24,25)11-8-15(22-9-11)14-3-1-2-6-21-14/h1-9,22-23H. The normalized spacial score (nSPS) is 12.2. The van der Waals surface area contributed by atoms with Crippen molar-refractivity contribution in [2.75, 3.05) is 4.72 Å². The van der Waals surface area contributed by atoms with Gasteiger partial charge < -0.3 is 4.98 Å². The van der Waals surface area contributed by atoms with Gasteiger partial charge in [0.1, 0.15) is 10.7 Å². The van der Waals surface area contributed by atoms with Crippen LogP contribution in [0, 0.1) is 5.82 Å². The molecule has 136 valence electrons. The number of halogens is 4. The molecule has 3 aromatic rings. The Morgan fingerprint density at radius 1 is 1.08 bits per heavy atom. The molecule has 0 fully saturated rings. The topological polar surface area (TPSA) is 74.8 Å². The lowest BCUT2D eigenvalue weighted by molar-refractivity contribution is -0.137. The molecule has 0 aliphatic carbocycles. The number of nitrogens with zero attached hydrogens (tertiary/aromatic N) is 1. The second kappa shape index (κ2) is 6.45. The Morgan fingerprint density at radius 2 is 1.85 bits per heavy atom.